The molecule has 0 fully saturated rings. The Morgan fingerprint density at radius 3 is 1.88 bits per heavy atom. The second-order valence-corrected chi connectivity index (χ2v) is 6.71. The molecule has 0 saturated carbocycles. The Balaban J connectivity index is 4.18. The van der Waals surface area contributed by atoms with Gasteiger partial charge in [-0.2, -0.15) is 0 Å². The van der Waals surface area contributed by atoms with E-state index < -0.39 is 0 Å². The van der Waals surface area contributed by atoms with Gasteiger partial charge in [-0.3, -0.25) is 0 Å². The van der Waals surface area contributed by atoms with Crippen molar-refractivity contribution in [3.63, 3.8) is 0 Å². The van der Waals surface area contributed by atoms with Crippen LogP contribution >= 0.6 is 0 Å². The highest BCUT2D eigenvalue weighted by atomic mass is 16.3. The molecule has 0 aliphatic rings. The molecule has 0 aliphatic heterocycles. The Morgan fingerprint density at radius 1 is 1.06 bits per heavy atom. The zero-order valence-electron chi connectivity index (χ0n) is 11.7. The molecule has 0 bridgehead atoms. The average Bonchev–Trinajstić information content (AvgIpc) is 1.98. The molecule has 0 radical (unpaired) electrons. The van der Waals surface area contributed by atoms with Crippen molar-refractivity contribution in [1.29, 1.82) is 0 Å². The highest BCUT2D eigenvalue weighted by Gasteiger charge is 2.25. The molecule has 3 nitrogen and oxygen atoms in total. The first-order valence-corrected chi connectivity index (χ1v) is 6.05. The van der Waals surface area contributed by atoms with E-state index in [9.17, 15) is 10.2 Å². The third kappa shape index (κ3) is 7.20. The third-order valence-electron chi connectivity index (χ3n) is 2.67. The van der Waals surface area contributed by atoms with Crippen molar-refractivity contribution in [2.75, 3.05) is 26.7 Å². The Hall–Kier alpha value is -0.120. The maximum atomic E-state index is 9.42. The van der Waals surface area contributed by atoms with Crippen LogP contribution in [0.5, 0.6) is 0 Å². The first-order chi connectivity index (χ1) is 7.08. The zero-order chi connectivity index (χ0) is 13.0. The van der Waals surface area contributed by atoms with Crippen molar-refractivity contribution >= 4 is 0 Å². The van der Waals surface area contributed by atoms with Gasteiger partial charge in [-0.05, 0) is 25.8 Å². The predicted molar refractivity (Wildman–Crippen MR) is 68.4 cm³/mol. The first kappa shape index (κ1) is 15.9. The van der Waals surface area contributed by atoms with Gasteiger partial charge in [-0.1, -0.05) is 27.7 Å². The van der Waals surface area contributed by atoms with E-state index in [4.69, 9.17) is 0 Å². The molecule has 0 amide bonds. The number of aliphatic hydroxyl groups excluding tert-OH is 2. The second-order valence-electron chi connectivity index (χ2n) is 6.71. The van der Waals surface area contributed by atoms with Crippen LogP contribution in [0.25, 0.3) is 0 Å². The van der Waals surface area contributed by atoms with Gasteiger partial charge in [0.25, 0.3) is 0 Å². The van der Waals surface area contributed by atoms with E-state index in [1.807, 2.05) is 6.92 Å². The molecule has 98 valence electrons. The lowest BCUT2D eigenvalue weighted by atomic mass is 9.85. The molecule has 0 aromatic carbocycles. The summed E-state index contributed by atoms with van der Waals surface area (Å²) in [5.74, 6) is 0. The Labute approximate surface area is 100 Å². The van der Waals surface area contributed by atoms with Crippen molar-refractivity contribution in [1.82, 2.24) is 4.90 Å². The Bertz CT molecular complexity index is 200. The van der Waals surface area contributed by atoms with E-state index in [2.05, 4.69) is 39.6 Å². The van der Waals surface area contributed by atoms with E-state index in [1.54, 1.807) is 0 Å². The fraction of sp³-hybridized carbons (Fsp3) is 1.00. The second kappa shape index (κ2) is 5.99. The largest absolute Gasteiger partial charge is 0.396 e. The molecule has 0 aliphatic carbocycles. The summed E-state index contributed by atoms with van der Waals surface area (Å²) in [6.07, 6.45) is 0.547. The van der Waals surface area contributed by atoms with Gasteiger partial charge in [-0.25, -0.2) is 0 Å². The minimum atomic E-state index is -0.255. The fourth-order valence-corrected chi connectivity index (χ4v) is 2.43. The summed E-state index contributed by atoms with van der Waals surface area (Å²) in [4.78, 5) is 2.23. The van der Waals surface area contributed by atoms with E-state index in [0.29, 0.717) is 0 Å². The highest BCUT2D eigenvalue weighted by Crippen LogP contribution is 2.25. The summed E-state index contributed by atoms with van der Waals surface area (Å²) in [6.45, 7) is 12.3. The van der Waals surface area contributed by atoms with Gasteiger partial charge in [0.1, 0.15) is 0 Å². The summed E-state index contributed by atoms with van der Waals surface area (Å²) in [7, 11) is 2.07. The van der Waals surface area contributed by atoms with Gasteiger partial charge >= 0.3 is 0 Å². The molecule has 0 rings (SSSR count). The van der Waals surface area contributed by atoms with Gasteiger partial charge in [0.2, 0.25) is 0 Å². The number of aliphatic hydroxyl groups is 2. The summed E-state index contributed by atoms with van der Waals surface area (Å²) < 4.78 is 0. The van der Waals surface area contributed by atoms with Crippen molar-refractivity contribution in [2.24, 2.45) is 10.8 Å². The standard InChI is InChI=1S/C13H29NO2/c1-11(16)7-12(2,3)8-14(6)9-13(4,5)10-15/h11,15-16H,7-10H2,1-6H3. The van der Waals surface area contributed by atoms with Gasteiger partial charge in [0.05, 0.1) is 6.10 Å². The van der Waals surface area contributed by atoms with Gasteiger partial charge in [-0.15, -0.1) is 0 Å². The molecule has 2 N–H and O–H groups in total. The molecular weight excluding hydrogens is 202 g/mol. The zero-order valence-corrected chi connectivity index (χ0v) is 11.7. The first-order valence-electron chi connectivity index (χ1n) is 6.05. The quantitative estimate of drug-likeness (QED) is 0.701. The minimum absolute atomic E-state index is 0.0599. The van der Waals surface area contributed by atoms with Crippen LogP contribution in [0.15, 0.2) is 0 Å². The lowest BCUT2D eigenvalue weighted by molar-refractivity contribution is 0.0718. The van der Waals surface area contributed by atoms with Crippen LogP contribution in [0, 0.1) is 10.8 Å². The van der Waals surface area contributed by atoms with Crippen molar-refractivity contribution in [3.8, 4) is 0 Å². The van der Waals surface area contributed by atoms with E-state index in [0.717, 1.165) is 19.5 Å². The molecule has 0 aromatic heterocycles. The average molecular weight is 231 g/mol. The van der Waals surface area contributed by atoms with Gasteiger partial charge in [0.15, 0.2) is 0 Å². The summed E-state index contributed by atoms with van der Waals surface area (Å²) in [5, 5.41) is 18.6. The molecule has 1 unspecified atom stereocenters. The molecule has 0 aromatic rings. The van der Waals surface area contributed by atoms with Crippen LogP contribution < -0.4 is 0 Å². The van der Waals surface area contributed by atoms with E-state index in [1.165, 1.54) is 0 Å². The van der Waals surface area contributed by atoms with Crippen molar-refractivity contribution in [2.45, 2.75) is 47.1 Å². The molecule has 0 spiro atoms. The topological polar surface area (TPSA) is 43.7 Å². The van der Waals surface area contributed by atoms with Crippen molar-refractivity contribution < 1.29 is 10.2 Å². The number of hydrogen-bond acceptors (Lipinski definition) is 3. The summed E-state index contributed by atoms with van der Waals surface area (Å²) >= 11 is 0. The van der Waals surface area contributed by atoms with E-state index >= 15 is 0 Å². The lowest BCUT2D eigenvalue weighted by Gasteiger charge is -2.35. The number of nitrogens with zero attached hydrogens (tertiary/aromatic N) is 1. The predicted octanol–water partition coefficient (Wildman–Crippen LogP) is 1.73. The molecule has 16 heavy (non-hydrogen) atoms. The van der Waals surface area contributed by atoms with Gasteiger partial charge < -0.3 is 15.1 Å². The minimum Gasteiger partial charge on any atom is -0.396 e. The SMILES string of the molecule is CC(O)CC(C)(C)CN(C)CC(C)(C)CO. The lowest BCUT2D eigenvalue weighted by Crippen LogP contribution is -2.40. The molecular formula is C13H29NO2. The highest BCUT2D eigenvalue weighted by molar-refractivity contribution is 4.78. The number of rotatable bonds is 7. The Kier molecular flexibility index (Phi) is 5.94. The fourth-order valence-electron chi connectivity index (χ4n) is 2.43. The van der Waals surface area contributed by atoms with Crippen LogP contribution in [0.4, 0.5) is 0 Å². The van der Waals surface area contributed by atoms with E-state index in [-0.39, 0.29) is 23.5 Å². The van der Waals surface area contributed by atoms with Crippen LogP contribution in [0.3, 0.4) is 0 Å². The maximum absolute atomic E-state index is 9.42. The van der Waals surface area contributed by atoms with Crippen LogP contribution in [-0.4, -0.2) is 48.0 Å². The number of hydrogen-bond donors (Lipinski definition) is 2. The molecule has 3 heteroatoms. The molecule has 0 saturated heterocycles. The monoisotopic (exact) mass is 231 g/mol. The molecule has 0 heterocycles. The Morgan fingerprint density at radius 2 is 1.50 bits per heavy atom. The summed E-state index contributed by atoms with van der Waals surface area (Å²) in [6, 6.07) is 0. The van der Waals surface area contributed by atoms with Crippen molar-refractivity contribution in [3.05, 3.63) is 0 Å². The van der Waals surface area contributed by atoms with Crippen LogP contribution in [-0.2, 0) is 0 Å². The van der Waals surface area contributed by atoms with Gasteiger partial charge in [0, 0.05) is 25.1 Å². The third-order valence-corrected chi connectivity index (χ3v) is 2.67. The maximum Gasteiger partial charge on any atom is 0.0517 e. The smallest absolute Gasteiger partial charge is 0.0517 e. The van der Waals surface area contributed by atoms with Crippen LogP contribution in [0.1, 0.15) is 41.0 Å². The normalized spacial score (nSPS) is 15.6. The van der Waals surface area contributed by atoms with Crippen LogP contribution in [0.2, 0.25) is 0 Å². The molecule has 1 atom stereocenters. The summed E-state index contributed by atoms with van der Waals surface area (Å²) in [5.41, 5.74) is 0.0457.